The zero-order valence-corrected chi connectivity index (χ0v) is 12.0. The van der Waals surface area contributed by atoms with E-state index in [1.54, 1.807) is 7.11 Å². The number of hydrogen-bond donors (Lipinski definition) is 2. The highest BCUT2D eigenvalue weighted by molar-refractivity contribution is 6.30. The number of unbranched alkanes of at least 4 members (excludes halogenated alkanes) is 1. The Morgan fingerprint density at radius 2 is 2.05 bits per heavy atom. The van der Waals surface area contributed by atoms with Crippen LogP contribution >= 0.6 is 11.6 Å². The van der Waals surface area contributed by atoms with Crippen LogP contribution in [0.5, 0.6) is 0 Å². The Bertz CT molecular complexity index is 380. The third-order valence-corrected chi connectivity index (χ3v) is 2.71. The summed E-state index contributed by atoms with van der Waals surface area (Å²) in [5.41, 5.74) is 10.3. The fourth-order valence-electron chi connectivity index (χ4n) is 1.51. The molecule has 5 heteroatoms. The highest BCUT2D eigenvalue weighted by atomic mass is 35.5. The van der Waals surface area contributed by atoms with E-state index in [2.05, 4.69) is 11.6 Å². The fraction of sp³-hybridized carbons (Fsp3) is 0.429. The van der Waals surface area contributed by atoms with E-state index in [9.17, 15) is 0 Å². The first-order valence-corrected chi connectivity index (χ1v) is 6.68. The number of hydrogen-bond acceptors (Lipinski definition) is 4. The third kappa shape index (κ3) is 6.59. The predicted octanol–water partition coefficient (Wildman–Crippen LogP) is 2.59. The van der Waals surface area contributed by atoms with E-state index < -0.39 is 0 Å². The molecule has 1 aromatic carbocycles. The molecule has 0 spiro atoms. The Morgan fingerprint density at radius 1 is 1.32 bits per heavy atom. The monoisotopic (exact) mass is 284 g/mol. The van der Waals surface area contributed by atoms with E-state index in [-0.39, 0.29) is 0 Å². The van der Waals surface area contributed by atoms with Crippen molar-refractivity contribution < 1.29 is 9.57 Å². The van der Waals surface area contributed by atoms with Crippen molar-refractivity contribution in [2.45, 2.75) is 12.8 Å². The van der Waals surface area contributed by atoms with Gasteiger partial charge in [-0.2, -0.15) is 0 Å². The summed E-state index contributed by atoms with van der Waals surface area (Å²) in [7, 11) is 1.70. The van der Waals surface area contributed by atoms with Gasteiger partial charge in [-0.3, -0.25) is 10.3 Å². The van der Waals surface area contributed by atoms with Crippen molar-refractivity contribution >= 4 is 17.3 Å². The van der Waals surface area contributed by atoms with Gasteiger partial charge >= 0.3 is 0 Å². The molecule has 0 aliphatic heterocycles. The van der Waals surface area contributed by atoms with Crippen LogP contribution in [0.3, 0.4) is 0 Å². The van der Waals surface area contributed by atoms with Crippen LogP contribution in [-0.4, -0.2) is 26.9 Å². The van der Waals surface area contributed by atoms with Crippen LogP contribution in [0.1, 0.15) is 18.4 Å². The Kier molecular flexibility index (Phi) is 8.25. The van der Waals surface area contributed by atoms with E-state index in [0.29, 0.717) is 18.2 Å². The van der Waals surface area contributed by atoms with Crippen LogP contribution in [0, 0.1) is 0 Å². The molecule has 1 aromatic rings. The Morgan fingerprint density at radius 3 is 2.68 bits per heavy atom. The van der Waals surface area contributed by atoms with Gasteiger partial charge in [0.2, 0.25) is 0 Å². The summed E-state index contributed by atoms with van der Waals surface area (Å²) < 4.78 is 5.03. The summed E-state index contributed by atoms with van der Waals surface area (Å²) in [6, 6.07) is 7.60. The fourth-order valence-corrected chi connectivity index (χ4v) is 1.64. The van der Waals surface area contributed by atoms with Crippen molar-refractivity contribution in [2.75, 3.05) is 26.9 Å². The molecule has 0 aromatic heterocycles. The second kappa shape index (κ2) is 9.81. The second-order valence-electron chi connectivity index (χ2n) is 4.00. The molecule has 0 amide bonds. The molecule has 0 radical (unpaired) electrons. The molecule has 0 aliphatic rings. The number of nitrogens with one attached hydrogen (secondary N) is 1. The largest absolute Gasteiger partial charge is 0.385 e. The normalized spacial score (nSPS) is 11.6. The maximum atomic E-state index is 5.88. The van der Waals surface area contributed by atoms with Crippen LogP contribution in [0.25, 0.3) is 5.70 Å². The van der Waals surface area contributed by atoms with E-state index in [1.165, 1.54) is 0 Å². The summed E-state index contributed by atoms with van der Waals surface area (Å²) in [6.45, 7) is 1.68. The van der Waals surface area contributed by atoms with Gasteiger partial charge in [0.25, 0.3) is 0 Å². The molecule has 0 aliphatic carbocycles. The minimum Gasteiger partial charge on any atom is -0.385 e. The molecule has 0 saturated carbocycles. The van der Waals surface area contributed by atoms with Crippen LogP contribution in [0.2, 0.25) is 5.02 Å². The number of nitrogens with two attached hydrogens (primary N) is 1. The number of rotatable bonds is 9. The molecule has 1 rings (SSSR count). The molecule has 0 saturated heterocycles. The zero-order chi connectivity index (χ0) is 13.9. The number of allylic oxidation sites excluding steroid dienone is 1. The quantitative estimate of drug-likeness (QED) is 0.541. The van der Waals surface area contributed by atoms with Crippen molar-refractivity contribution in [2.24, 2.45) is 5.73 Å². The lowest BCUT2D eigenvalue weighted by atomic mass is 10.1. The molecule has 0 atom stereocenters. The molecule has 106 valence electrons. The first kappa shape index (κ1) is 16.0. The van der Waals surface area contributed by atoms with Gasteiger partial charge in [0.15, 0.2) is 0 Å². The first-order chi connectivity index (χ1) is 9.27. The predicted molar refractivity (Wildman–Crippen MR) is 78.7 cm³/mol. The lowest BCUT2D eigenvalue weighted by Gasteiger charge is -2.11. The molecular formula is C14H21ClN2O2. The summed E-state index contributed by atoms with van der Waals surface area (Å²) >= 11 is 5.88. The molecule has 19 heavy (non-hydrogen) atoms. The van der Waals surface area contributed by atoms with Gasteiger partial charge in [-0.1, -0.05) is 29.8 Å². The van der Waals surface area contributed by atoms with Crippen molar-refractivity contribution in [3.05, 3.63) is 40.9 Å². The molecule has 0 unspecified atom stereocenters. The Balaban J connectivity index is 2.64. The van der Waals surface area contributed by atoms with Crippen LogP contribution < -0.4 is 11.2 Å². The summed E-state index contributed by atoms with van der Waals surface area (Å²) in [4.78, 5) is 5.28. The first-order valence-electron chi connectivity index (χ1n) is 6.31. The SMILES string of the molecule is COCCC/C=C(\NOCCN)c1ccc(Cl)cc1. The molecule has 3 N–H and O–H groups in total. The Hall–Kier alpha value is -1.07. The van der Waals surface area contributed by atoms with Crippen molar-refractivity contribution in [1.29, 1.82) is 0 Å². The lowest BCUT2D eigenvalue weighted by Crippen LogP contribution is -2.18. The zero-order valence-electron chi connectivity index (χ0n) is 11.2. The highest BCUT2D eigenvalue weighted by Crippen LogP contribution is 2.16. The van der Waals surface area contributed by atoms with Gasteiger partial charge in [-0.05, 0) is 30.5 Å². The third-order valence-electron chi connectivity index (χ3n) is 2.46. The lowest BCUT2D eigenvalue weighted by molar-refractivity contribution is 0.0847. The second-order valence-corrected chi connectivity index (χ2v) is 4.44. The number of halogens is 1. The highest BCUT2D eigenvalue weighted by Gasteiger charge is 2.01. The van der Waals surface area contributed by atoms with E-state index in [4.69, 9.17) is 26.9 Å². The van der Waals surface area contributed by atoms with Gasteiger partial charge in [0.05, 0.1) is 12.3 Å². The van der Waals surface area contributed by atoms with Crippen LogP contribution in [0.4, 0.5) is 0 Å². The number of ether oxygens (including phenoxy) is 1. The molecule has 0 fully saturated rings. The molecule has 4 nitrogen and oxygen atoms in total. The van der Waals surface area contributed by atoms with E-state index >= 15 is 0 Å². The summed E-state index contributed by atoms with van der Waals surface area (Å²) in [5, 5.41) is 0.713. The van der Waals surface area contributed by atoms with Gasteiger partial charge in [0.1, 0.15) is 0 Å². The van der Waals surface area contributed by atoms with Crippen LogP contribution in [-0.2, 0) is 9.57 Å². The number of benzene rings is 1. The minimum absolute atomic E-state index is 0.461. The molecule has 0 heterocycles. The van der Waals surface area contributed by atoms with Crippen LogP contribution in [0.15, 0.2) is 30.3 Å². The number of methoxy groups -OCH3 is 1. The van der Waals surface area contributed by atoms with Gasteiger partial charge < -0.3 is 10.5 Å². The van der Waals surface area contributed by atoms with Gasteiger partial charge in [-0.15, -0.1) is 0 Å². The Labute approximate surface area is 119 Å². The maximum Gasteiger partial charge on any atom is 0.0868 e. The average molecular weight is 285 g/mol. The summed E-state index contributed by atoms with van der Waals surface area (Å²) in [5.74, 6) is 0. The topological polar surface area (TPSA) is 56.5 Å². The molecular weight excluding hydrogens is 264 g/mol. The van der Waals surface area contributed by atoms with E-state index in [1.807, 2.05) is 24.3 Å². The smallest absolute Gasteiger partial charge is 0.0868 e. The molecule has 0 bridgehead atoms. The number of hydroxylamine groups is 1. The van der Waals surface area contributed by atoms with Crippen molar-refractivity contribution in [3.63, 3.8) is 0 Å². The van der Waals surface area contributed by atoms with Crippen molar-refractivity contribution in [3.8, 4) is 0 Å². The van der Waals surface area contributed by atoms with Gasteiger partial charge in [-0.25, -0.2) is 0 Å². The standard InChI is InChI=1S/C14H21ClN2O2/c1-18-10-3-2-4-14(17-19-11-9-16)12-5-7-13(15)8-6-12/h4-8,17H,2-3,9-11,16H2,1H3/b14-4-. The van der Waals surface area contributed by atoms with E-state index in [0.717, 1.165) is 30.7 Å². The minimum atomic E-state index is 0.461. The average Bonchev–Trinajstić information content (AvgIpc) is 2.43. The van der Waals surface area contributed by atoms with Crippen molar-refractivity contribution in [1.82, 2.24) is 5.48 Å². The van der Waals surface area contributed by atoms with Gasteiger partial charge in [0, 0.05) is 25.3 Å². The summed E-state index contributed by atoms with van der Waals surface area (Å²) in [6.07, 6.45) is 3.95. The maximum absolute atomic E-state index is 5.88.